The molecule has 118 valence electrons. The second-order valence-corrected chi connectivity index (χ2v) is 6.68. The topological polar surface area (TPSA) is 12.0 Å². The molecule has 21 heavy (non-hydrogen) atoms. The summed E-state index contributed by atoms with van der Waals surface area (Å²) in [7, 11) is 0. The van der Waals surface area contributed by atoms with Crippen LogP contribution in [-0.2, 0) is 6.42 Å². The van der Waals surface area contributed by atoms with Gasteiger partial charge in [0.05, 0.1) is 0 Å². The average Bonchev–Trinajstić information content (AvgIpc) is 2.55. The molecular weight excluding hydrogens is 254 g/mol. The molecule has 0 aromatic heterocycles. The first-order valence-corrected chi connectivity index (χ1v) is 9.11. The zero-order valence-electron chi connectivity index (χ0n) is 14.2. The Bertz CT molecular complexity index is 408. The molecule has 0 saturated carbocycles. The second kappa shape index (κ2) is 8.58. The van der Waals surface area contributed by atoms with Gasteiger partial charge in [-0.2, -0.15) is 0 Å². The molecule has 1 heteroatoms. The van der Waals surface area contributed by atoms with Crippen LogP contribution in [0.5, 0.6) is 0 Å². The van der Waals surface area contributed by atoms with Crippen molar-refractivity contribution in [1.29, 1.82) is 0 Å². The Hall–Kier alpha value is -0.820. The summed E-state index contributed by atoms with van der Waals surface area (Å²) >= 11 is 0. The van der Waals surface area contributed by atoms with E-state index in [2.05, 4.69) is 50.4 Å². The molecule has 2 atom stereocenters. The molecule has 1 aromatic rings. The van der Waals surface area contributed by atoms with Gasteiger partial charge in [0.15, 0.2) is 0 Å². The third-order valence-electron chi connectivity index (χ3n) is 5.30. The predicted octanol–water partition coefficient (Wildman–Crippen LogP) is 5.30. The van der Waals surface area contributed by atoms with Gasteiger partial charge in [-0.1, -0.05) is 57.9 Å². The smallest absolute Gasteiger partial charge is 0.0138 e. The summed E-state index contributed by atoms with van der Waals surface area (Å²) in [6.07, 6.45) is 9.19. The van der Waals surface area contributed by atoms with Gasteiger partial charge in [0, 0.05) is 6.04 Å². The molecule has 0 radical (unpaired) electrons. The largest absolute Gasteiger partial charge is 0.313 e. The van der Waals surface area contributed by atoms with Crippen LogP contribution in [0.2, 0.25) is 0 Å². The van der Waals surface area contributed by atoms with Crippen molar-refractivity contribution in [3.63, 3.8) is 0 Å². The number of benzene rings is 1. The van der Waals surface area contributed by atoms with E-state index in [9.17, 15) is 0 Å². The average molecular weight is 287 g/mol. The lowest BCUT2D eigenvalue weighted by atomic mass is 9.76. The highest BCUT2D eigenvalue weighted by atomic mass is 14.9. The SMILES string of the molecule is CCCNC(CC(CC)CC)C1CCCc2ccccc21. The van der Waals surface area contributed by atoms with Gasteiger partial charge in [-0.25, -0.2) is 0 Å². The molecule has 1 nitrogen and oxygen atoms in total. The normalized spacial score (nSPS) is 19.5. The first-order chi connectivity index (χ1) is 10.3. The summed E-state index contributed by atoms with van der Waals surface area (Å²) in [6.45, 7) is 8.12. The van der Waals surface area contributed by atoms with Crippen LogP contribution < -0.4 is 5.32 Å². The minimum atomic E-state index is 0.663. The molecule has 1 aliphatic rings. The molecule has 1 aliphatic carbocycles. The highest BCUT2D eigenvalue weighted by Crippen LogP contribution is 2.36. The fourth-order valence-electron chi connectivity index (χ4n) is 3.91. The van der Waals surface area contributed by atoms with Crippen LogP contribution in [0.15, 0.2) is 24.3 Å². The first kappa shape index (κ1) is 16.5. The summed E-state index contributed by atoms with van der Waals surface area (Å²) in [5.41, 5.74) is 3.23. The van der Waals surface area contributed by atoms with Crippen LogP contribution in [0.3, 0.4) is 0 Å². The Kier molecular flexibility index (Phi) is 6.76. The Labute approximate surface area is 131 Å². The van der Waals surface area contributed by atoms with Crippen LogP contribution in [0.25, 0.3) is 0 Å². The molecule has 1 N–H and O–H groups in total. The van der Waals surface area contributed by atoms with Crippen molar-refractivity contribution in [2.75, 3.05) is 6.54 Å². The number of aryl methyl sites for hydroxylation is 1. The number of rotatable bonds is 8. The van der Waals surface area contributed by atoms with Crippen molar-refractivity contribution in [3.05, 3.63) is 35.4 Å². The lowest BCUT2D eigenvalue weighted by Gasteiger charge is -2.35. The predicted molar refractivity (Wildman–Crippen MR) is 92.9 cm³/mol. The minimum Gasteiger partial charge on any atom is -0.313 e. The van der Waals surface area contributed by atoms with E-state index >= 15 is 0 Å². The first-order valence-electron chi connectivity index (χ1n) is 9.11. The van der Waals surface area contributed by atoms with E-state index in [1.54, 1.807) is 11.1 Å². The van der Waals surface area contributed by atoms with Gasteiger partial charge in [0.25, 0.3) is 0 Å². The van der Waals surface area contributed by atoms with Gasteiger partial charge in [-0.05, 0) is 61.6 Å². The van der Waals surface area contributed by atoms with E-state index in [0.717, 1.165) is 18.4 Å². The Balaban J connectivity index is 2.16. The van der Waals surface area contributed by atoms with Gasteiger partial charge in [-0.3, -0.25) is 0 Å². The number of fused-ring (bicyclic) bond motifs is 1. The van der Waals surface area contributed by atoms with E-state index in [-0.39, 0.29) is 0 Å². The lowest BCUT2D eigenvalue weighted by Crippen LogP contribution is -2.38. The van der Waals surface area contributed by atoms with E-state index in [1.807, 2.05) is 0 Å². The van der Waals surface area contributed by atoms with Crippen molar-refractivity contribution < 1.29 is 0 Å². The van der Waals surface area contributed by atoms with Crippen LogP contribution in [0.4, 0.5) is 0 Å². The zero-order valence-corrected chi connectivity index (χ0v) is 14.2. The summed E-state index contributed by atoms with van der Waals surface area (Å²) in [5, 5.41) is 3.88. The molecule has 2 unspecified atom stereocenters. The van der Waals surface area contributed by atoms with Gasteiger partial charge in [0.1, 0.15) is 0 Å². The van der Waals surface area contributed by atoms with Gasteiger partial charge in [0.2, 0.25) is 0 Å². The standard InChI is InChI=1S/C20H33N/c1-4-14-21-20(15-16(5-2)6-3)19-13-9-11-17-10-7-8-12-18(17)19/h7-8,10,12,16,19-21H,4-6,9,11,13-15H2,1-3H3. The summed E-state index contributed by atoms with van der Waals surface area (Å²) < 4.78 is 0. The third-order valence-corrected chi connectivity index (χ3v) is 5.30. The van der Waals surface area contributed by atoms with Crippen LogP contribution in [-0.4, -0.2) is 12.6 Å². The maximum absolute atomic E-state index is 3.88. The minimum absolute atomic E-state index is 0.663. The summed E-state index contributed by atoms with van der Waals surface area (Å²) in [5.74, 6) is 1.59. The molecule has 0 fully saturated rings. The maximum atomic E-state index is 3.88. The van der Waals surface area contributed by atoms with E-state index in [0.29, 0.717) is 6.04 Å². The maximum Gasteiger partial charge on any atom is 0.0138 e. The van der Waals surface area contributed by atoms with Gasteiger partial charge < -0.3 is 5.32 Å². The second-order valence-electron chi connectivity index (χ2n) is 6.68. The van der Waals surface area contributed by atoms with Crippen LogP contribution in [0.1, 0.15) is 76.3 Å². The molecule has 0 bridgehead atoms. The Morgan fingerprint density at radius 1 is 1.14 bits per heavy atom. The fourth-order valence-corrected chi connectivity index (χ4v) is 3.91. The highest BCUT2D eigenvalue weighted by molar-refractivity contribution is 5.33. The monoisotopic (exact) mass is 287 g/mol. The van der Waals surface area contributed by atoms with Crippen molar-refractivity contribution in [2.24, 2.45) is 5.92 Å². The van der Waals surface area contributed by atoms with Crippen molar-refractivity contribution in [2.45, 2.75) is 77.7 Å². The van der Waals surface area contributed by atoms with E-state index in [4.69, 9.17) is 0 Å². The zero-order chi connectivity index (χ0) is 15.1. The number of hydrogen-bond donors (Lipinski definition) is 1. The van der Waals surface area contributed by atoms with Crippen LogP contribution in [0, 0.1) is 5.92 Å². The Morgan fingerprint density at radius 3 is 2.62 bits per heavy atom. The molecule has 0 heterocycles. The fraction of sp³-hybridized carbons (Fsp3) is 0.700. The summed E-state index contributed by atoms with van der Waals surface area (Å²) in [4.78, 5) is 0. The summed E-state index contributed by atoms with van der Waals surface area (Å²) in [6, 6.07) is 9.82. The van der Waals surface area contributed by atoms with Crippen LogP contribution >= 0.6 is 0 Å². The molecular formula is C20H33N. The number of hydrogen-bond acceptors (Lipinski definition) is 1. The molecule has 1 aromatic carbocycles. The van der Waals surface area contributed by atoms with Crippen molar-refractivity contribution >= 4 is 0 Å². The third kappa shape index (κ3) is 4.32. The highest BCUT2D eigenvalue weighted by Gasteiger charge is 2.28. The van der Waals surface area contributed by atoms with Crippen molar-refractivity contribution in [1.82, 2.24) is 5.32 Å². The van der Waals surface area contributed by atoms with E-state index < -0.39 is 0 Å². The van der Waals surface area contributed by atoms with E-state index in [1.165, 1.54) is 44.9 Å². The van der Waals surface area contributed by atoms with Crippen molar-refractivity contribution in [3.8, 4) is 0 Å². The Morgan fingerprint density at radius 2 is 1.90 bits per heavy atom. The lowest BCUT2D eigenvalue weighted by molar-refractivity contribution is 0.310. The van der Waals surface area contributed by atoms with Gasteiger partial charge >= 0.3 is 0 Å². The quantitative estimate of drug-likeness (QED) is 0.684. The molecule has 0 amide bonds. The molecule has 0 spiro atoms. The molecule has 2 rings (SSSR count). The number of nitrogens with one attached hydrogen (secondary N) is 1. The molecule has 0 aliphatic heterocycles. The van der Waals surface area contributed by atoms with Gasteiger partial charge in [-0.15, -0.1) is 0 Å². The molecule has 0 saturated heterocycles.